The Balaban J connectivity index is 1.68. The molecule has 7 nitrogen and oxygen atoms in total. The van der Waals surface area contributed by atoms with Gasteiger partial charge in [0.2, 0.25) is 11.1 Å². The maximum atomic E-state index is 13.0. The highest BCUT2D eigenvalue weighted by Gasteiger charge is 2.31. The van der Waals surface area contributed by atoms with E-state index < -0.39 is 17.6 Å². The van der Waals surface area contributed by atoms with Gasteiger partial charge in [-0.2, -0.15) is 13.2 Å². The third-order valence-corrected chi connectivity index (χ3v) is 4.66. The first kappa shape index (κ1) is 19.5. The second kappa shape index (κ2) is 8.15. The fourth-order valence-electron chi connectivity index (χ4n) is 2.29. The number of nitrogens with one attached hydrogen (secondary N) is 1. The molecule has 1 aliphatic carbocycles. The van der Waals surface area contributed by atoms with Crippen molar-refractivity contribution >= 4 is 23.4 Å². The number of amides is 1. The topological polar surface area (TPSA) is 81.9 Å². The molecule has 0 radical (unpaired) electrons. The molecule has 27 heavy (non-hydrogen) atoms. The molecule has 0 saturated heterocycles. The van der Waals surface area contributed by atoms with Crippen LogP contribution in [0.4, 0.5) is 18.9 Å². The van der Waals surface area contributed by atoms with Crippen LogP contribution in [-0.2, 0) is 11.0 Å². The zero-order chi connectivity index (χ0) is 19.4. The second-order valence-corrected chi connectivity index (χ2v) is 6.97. The first-order valence-electron chi connectivity index (χ1n) is 8.43. The monoisotopic (exact) mass is 401 g/mol. The molecular weight excluding hydrogens is 383 g/mol. The molecular formula is C16H18F3N5O2S. The number of carbonyl (C=O) groups excluding carboxylic acids is 1. The molecule has 3 rings (SSSR count). The van der Waals surface area contributed by atoms with Crippen LogP contribution in [0.2, 0.25) is 0 Å². The molecule has 146 valence electrons. The summed E-state index contributed by atoms with van der Waals surface area (Å²) in [5.74, 6) is -0.298. The number of carbonyl (C=O) groups is 1. The normalized spacial score (nSPS) is 14.2. The Labute approximate surface area is 157 Å². The van der Waals surface area contributed by atoms with Crippen LogP contribution >= 0.6 is 11.8 Å². The van der Waals surface area contributed by atoms with Crippen molar-refractivity contribution < 1.29 is 22.7 Å². The van der Waals surface area contributed by atoms with Crippen molar-refractivity contribution in [1.82, 2.24) is 20.2 Å². The van der Waals surface area contributed by atoms with Gasteiger partial charge in [0.25, 0.3) is 0 Å². The van der Waals surface area contributed by atoms with Crippen LogP contribution < -0.4 is 10.1 Å². The summed E-state index contributed by atoms with van der Waals surface area (Å²) in [7, 11) is 0. The molecule has 11 heteroatoms. The molecule has 1 fully saturated rings. The average molecular weight is 401 g/mol. The van der Waals surface area contributed by atoms with E-state index in [1.54, 1.807) is 4.68 Å². The molecule has 1 N–H and O–H groups in total. The minimum Gasteiger partial charge on any atom is -0.491 e. The highest BCUT2D eigenvalue weighted by molar-refractivity contribution is 7.99. The number of tetrazole rings is 1. The van der Waals surface area contributed by atoms with E-state index in [1.807, 2.05) is 6.92 Å². The van der Waals surface area contributed by atoms with E-state index in [4.69, 9.17) is 4.74 Å². The number of hydrogen-bond acceptors (Lipinski definition) is 6. The number of benzene rings is 1. The Bertz CT molecular complexity index is 808. The van der Waals surface area contributed by atoms with E-state index in [-0.39, 0.29) is 23.2 Å². The third kappa shape index (κ3) is 5.12. The fraction of sp³-hybridized carbons (Fsp3) is 0.500. The summed E-state index contributed by atoms with van der Waals surface area (Å²) in [6.07, 6.45) is -1.84. The third-order valence-electron chi connectivity index (χ3n) is 3.73. The zero-order valence-electron chi connectivity index (χ0n) is 14.5. The summed E-state index contributed by atoms with van der Waals surface area (Å²) in [5, 5.41) is 14.4. The summed E-state index contributed by atoms with van der Waals surface area (Å²) in [5.41, 5.74) is -0.863. The minimum atomic E-state index is -4.51. The van der Waals surface area contributed by atoms with Crippen LogP contribution in [0, 0.1) is 0 Å². The molecule has 0 bridgehead atoms. The first-order valence-corrected chi connectivity index (χ1v) is 9.41. The van der Waals surface area contributed by atoms with Crippen LogP contribution in [0.15, 0.2) is 23.4 Å². The number of aromatic nitrogens is 4. The quantitative estimate of drug-likeness (QED) is 0.682. The second-order valence-electron chi connectivity index (χ2n) is 6.03. The number of halogens is 3. The van der Waals surface area contributed by atoms with Crippen molar-refractivity contribution in [2.24, 2.45) is 0 Å². The van der Waals surface area contributed by atoms with Gasteiger partial charge in [0.05, 0.1) is 29.7 Å². The molecule has 1 aliphatic rings. The van der Waals surface area contributed by atoms with Crippen molar-refractivity contribution in [2.45, 2.75) is 43.6 Å². The predicted octanol–water partition coefficient (Wildman–Crippen LogP) is 3.55. The van der Waals surface area contributed by atoms with Crippen molar-refractivity contribution in [1.29, 1.82) is 0 Å². The number of thioether (sulfide) groups is 1. The number of anilines is 1. The Morgan fingerprint density at radius 3 is 2.85 bits per heavy atom. The van der Waals surface area contributed by atoms with Crippen LogP contribution in [0.5, 0.6) is 5.75 Å². The maximum Gasteiger partial charge on any atom is 0.416 e. The Morgan fingerprint density at radius 2 is 2.19 bits per heavy atom. The Hall–Kier alpha value is -2.30. The van der Waals surface area contributed by atoms with Crippen LogP contribution in [0.3, 0.4) is 0 Å². The molecule has 1 aromatic carbocycles. The van der Waals surface area contributed by atoms with Crippen molar-refractivity contribution in [2.75, 3.05) is 17.7 Å². The van der Waals surface area contributed by atoms with E-state index in [0.29, 0.717) is 18.2 Å². The van der Waals surface area contributed by atoms with Gasteiger partial charge in [0.15, 0.2) is 0 Å². The van der Waals surface area contributed by atoms with Crippen molar-refractivity contribution in [3.05, 3.63) is 23.8 Å². The largest absolute Gasteiger partial charge is 0.491 e. The minimum absolute atomic E-state index is 0.00865. The zero-order valence-corrected chi connectivity index (χ0v) is 15.3. The molecule has 0 aliphatic heterocycles. The molecule has 0 spiro atoms. The number of hydrogen-bond donors (Lipinski definition) is 1. The molecule has 1 saturated carbocycles. The summed E-state index contributed by atoms with van der Waals surface area (Å²) in [4.78, 5) is 12.2. The van der Waals surface area contributed by atoms with E-state index >= 15 is 0 Å². The number of ether oxygens (including phenoxy) is 1. The van der Waals surface area contributed by atoms with Gasteiger partial charge in [0.1, 0.15) is 5.75 Å². The maximum absolute atomic E-state index is 13.0. The van der Waals surface area contributed by atoms with Crippen molar-refractivity contribution in [3.8, 4) is 5.75 Å². The smallest absolute Gasteiger partial charge is 0.416 e. The van der Waals surface area contributed by atoms with Crippen LogP contribution in [0.25, 0.3) is 0 Å². The predicted molar refractivity (Wildman–Crippen MR) is 92.7 cm³/mol. The van der Waals surface area contributed by atoms with Gasteiger partial charge in [-0.15, -0.1) is 5.10 Å². The van der Waals surface area contributed by atoms with E-state index in [0.717, 1.165) is 36.7 Å². The molecule has 1 heterocycles. The average Bonchev–Trinajstić information content (AvgIpc) is 3.36. The van der Waals surface area contributed by atoms with Gasteiger partial charge in [-0.05, 0) is 47.9 Å². The highest BCUT2D eigenvalue weighted by Crippen LogP contribution is 2.37. The number of nitrogens with zero attached hydrogens (tertiary/aromatic N) is 4. The molecule has 0 atom stereocenters. The lowest BCUT2D eigenvalue weighted by Crippen LogP contribution is -2.17. The van der Waals surface area contributed by atoms with Gasteiger partial charge in [-0.25, -0.2) is 4.68 Å². The van der Waals surface area contributed by atoms with Gasteiger partial charge >= 0.3 is 6.18 Å². The van der Waals surface area contributed by atoms with E-state index in [9.17, 15) is 18.0 Å². The van der Waals surface area contributed by atoms with Crippen molar-refractivity contribution in [3.63, 3.8) is 0 Å². The van der Waals surface area contributed by atoms with Gasteiger partial charge in [0, 0.05) is 0 Å². The summed E-state index contributed by atoms with van der Waals surface area (Å²) >= 11 is 1.13. The lowest BCUT2D eigenvalue weighted by Gasteiger charge is -2.15. The SMILES string of the molecule is CCCOc1ccc(C(F)(F)F)cc1NC(=O)CSc1nnnn1C1CC1. The standard InChI is InChI=1S/C16H18F3N5O2S/c1-2-7-26-13-6-3-10(16(17,18)19)8-12(13)20-14(25)9-27-15-21-22-23-24(15)11-4-5-11/h3,6,8,11H,2,4-5,7,9H2,1H3,(H,20,25). The number of alkyl halides is 3. The molecule has 1 amide bonds. The lowest BCUT2D eigenvalue weighted by molar-refractivity contribution is -0.137. The fourth-order valence-corrected chi connectivity index (χ4v) is 3.03. The van der Waals surface area contributed by atoms with Crippen LogP contribution in [0.1, 0.15) is 37.8 Å². The summed E-state index contributed by atoms with van der Waals surface area (Å²) < 4.78 is 46.0. The lowest BCUT2D eigenvalue weighted by atomic mass is 10.1. The van der Waals surface area contributed by atoms with Crippen LogP contribution in [-0.4, -0.2) is 38.5 Å². The van der Waals surface area contributed by atoms with E-state index in [1.165, 1.54) is 6.07 Å². The summed E-state index contributed by atoms with van der Waals surface area (Å²) in [6, 6.07) is 3.29. The number of rotatable bonds is 8. The summed E-state index contributed by atoms with van der Waals surface area (Å²) in [6.45, 7) is 2.21. The first-order chi connectivity index (χ1) is 12.9. The molecule has 1 aromatic heterocycles. The van der Waals surface area contributed by atoms with Gasteiger partial charge in [-0.1, -0.05) is 18.7 Å². The molecule has 2 aromatic rings. The van der Waals surface area contributed by atoms with Gasteiger partial charge < -0.3 is 10.1 Å². The highest BCUT2D eigenvalue weighted by atomic mass is 32.2. The Morgan fingerprint density at radius 1 is 1.41 bits per heavy atom. The van der Waals surface area contributed by atoms with Gasteiger partial charge in [-0.3, -0.25) is 4.79 Å². The Kier molecular flexibility index (Phi) is 5.88. The van der Waals surface area contributed by atoms with E-state index in [2.05, 4.69) is 20.8 Å². The molecule has 0 unspecified atom stereocenters.